The summed E-state index contributed by atoms with van der Waals surface area (Å²) in [7, 11) is 0. The first kappa shape index (κ1) is 11.3. The van der Waals surface area contributed by atoms with Crippen LogP contribution in [0.1, 0.15) is 6.92 Å². The van der Waals surface area contributed by atoms with Crippen LogP contribution in [0.25, 0.3) is 0 Å². The summed E-state index contributed by atoms with van der Waals surface area (Å²) in [5, 5.41) is 5.77. The number of rotatable bonds is 4. The van der Waals surface area contributed by atoms with Crippen molar-refractivity contribution in [3.8, 4) is 0 Å². The van der Waals surface area contributed by atoms with Gasteiger partial charge in [0, 0.05) is 15.8 Å². The number of hydrogen-bond donors (Lipinski definition) is 2. The lowest BCUT2D eigenvalue weighted by molar-refractivity contribution is -0.119. The third kappa shape index (κ3) is 3.95. The summed E-state index contributed by atoms with van der Waals surface area (Å²) in [4.78, 5) is 11.1. The molecule has 0 aliphatic carbocycles. The normalized spacial score (nSPS) is 9.57. The molecule has 0 saturated heterocycles. The number of carbonyl (C=O) groups excluding carboxylic acids is 1. The molecule has 3 nitrogen and oxygen atoms in total. The lowest BCUT2D eigenvalue weighted by atomic mass is 10.3. The molecule has 0 saturated carbocycles. The number of halogens is 1. The van der Waals surface area contributed by atoms with Crippen LogP contribution in [0.3, 0.4) is 0 Å². The van der Waals surface area contributed by atoms with Crippen molar-refractivity contribution in [2.75, 3.05) is 18.4 Å². The first-order chi connectivity index (χ1) is 6.72. The minimum absolute atomic E-state index is 0.0195. The highest BCUT2D eigenvalue weighted by molar-refractivity contribution is 14.1. The molecule has 1 rings (SSSR count). The lowest BCUT2D eigenvalue weighted by Crippen LogP contribution is -2.29. The zero-order chi connectivity index (χ0) is 10.4. The summed E-state index contributed by atoms with van der Waals surface area (Å²) in [6.45, 7) is 2.91. The Bertz CT molecular complexity index is 297. The Balaban J connectivity index is 2.38. The summed E-state index contributed by atoms with van der Waals surface area (Å²) in [6, 6.07) is 7.92. The van der Waals surface area contributed by atoms with Crippen molar-refractivity contribution in [1.29, 1.82) is 0 Å². The minimum Gasteiger partial charge on any atom is -0.376 e. The Labute approximate surface area is 97.4 Å². The number of carbonyl (C=O) groups is 1. The molecule has 0 aromatic heterocycles. The standard InChI is InChI=1S/C10H13IN2O/c1-2-12-10(14)7-13-9-5-3-8(11)4-6-9/h3-6,13H,2,7H2,1H3,(H,12,14). The van der Waals surface area contributed by atoms with Gasteiger partial charge in [0.15, 0.2) is 0 Å². The predicted molar refractivity (Wildman–Crippen MR) is 66.3 cm³/mol. The van der Waals surface area contributed by atoms with Gasteiger partial charge in [0.2, 0.25) is 5.91 Å². The van der Waals surface area contributed by atoms with E-state index >= 15 is 0 Å². The van der Waals surface area contributed by atoms with Crippen molar-refractivity contribution in [2.45, 2.75) is 6.92 Å². The third-order valence-corrected chi connectivity index (χ3v) is 2.39. The van der Waals surface area contributed by atoms with E-state index < -0.39 is 0 Å². The highest BCUT2D eigenvalue weighted by Gasteiger charge is 1.98. The second kappa shape index (κ2) is 5.85. The molecule has 76 valence electrons. The first-order valence-corrected chi connectivity index (χ1v) is 5.56. The molecule has 0 bridgehead atoms. The Morgan fingerprint density at radius 2 is 2.00 bits per heavy atom. The van der Waals surface area contributed by atoms with Crippen LogP contribution in [0, 0.1) is 3.57 Å². The Hall–Kier alpha value is -0.780. The highest BCUT2D eigenvalue weighted by Crippen LogP contribution is 2.10. The Kier molecular flexibility index (Phi) is 4.72. The minimum atomic E-state index is 0.0195. The van der Waals surface area contributed by atoms with Crippen molar-refractivity contribution < 1.29 is 4.79 Å². The van der Waals surface area contributed by atoms with Crippen LogP contribution in [0.5, 0.6) is 0 Å². The van der Waals surface area contributed by atoms with Crippen LogP contribution in [0.2, 0.25) is 0 Å². The van der Waals surface area contributed by atoms with Gasteiger partial charge in [0.25, 0.3) is 0 Å². The van der Waals surface area contributed by atoms with Crippen LogP contribution < -0.4 is 10.6 Å². The molecule has 1 aromatic carbocycles. The quantitative estimate of drug-likeness (QED) is 0.834. The number of hydrogen-bond acceptors (Lipinski definition) is 2. The molecule has 0 aliphatic rings. The molecule has 0 aliphatic heterocycles. The van der Waals surface area contributed by atoms with Crippen molar-refractivity contribution in [3.63, 3.8) is 0 Å². The molecule has 1 aromatic rings. The van der Waals surface area contributed by atoms with Gasteiger partial charge in [-0.05, 0) is 53.8 Å². The smallest absolute Gasteiger partial charge is 0.239 e. The van der Waals surface area contributed by atoms with Crippen molar-refractivity contribution >= 4 is 34.2 Å². The monoisotopic (exact) mass is 304 g/mol. The summed E-state index contributed by atoms with van der Waals surface area (Å²) >= 11 is 2.24. The average Bonchev–Trinajstić information content (AvgIpc) is 2.17. The van der Waals surface area contributed by atoms with Crippen LogP contribution in [0.15, 0.2) is 24.3 Å². The van der Waals surface area contributed by atoms with E-state index in [2.05, 4.69) is 33.2 Å². The van der Waals surface area contributed by atoms with Gasteiger partial charge < -0.3 is 10.6 Å². The first-order valence-electron chi connectivity index (χ1n) is 4.48. The third-order valence-electron chi connectivity index (χ3n) is 1.67. The SMILES string of the molecule is CCNC(=O)CNc1ccc(I)cc1. The molecule has 1 amide bonds. The summed E-state index contributed by atoms with van der Waals surface area (Å²) in [5.41, 5.74) is 0.969. The number of anilines is 1. The fourth-order valence-electron chi connectivity index (χ4n) is 1.01. The van der Waals surface area contributed by atoms with Crippen LogP contribution in [-0.4, -0.2) is 19.0 Å². The van der Waals surface area contributed by atoms with Gasteiger partial charge in [-0.25, -0.2) is 0 Å². The van der Waals surface area contributed by atoms with E-state index in [-0.39, 0.29) is 5.91 Å². The molecular weight excluding hydrogens is 291 g/mol. The molecule has 0 fully saturated rings. The van der Waals surface area contributed by atoms with Crippen LogP contribution in [0.4, 0.5) is 5.69 Å². The molecule has 0 atom stereocenters. The van der Waals surface area contributed by atoms with Crippen molar-refractivity contribution in [2.24, 2.45) is 0 Å². The zero-order valence-electron chi connectivity index (χ0n) is 8.01. The molecule has 0 unspecified atom stereocenters. The van der Waals surface area contributed by atoms with E-state index in [4.69, 9.17) is 0 Å². The maximum absolute atomic E-state index is 11.1. The van der Waals surface area contributed by atoms with Gasteiger partial charge in [-0.15, -0.1) is 0 Å². The van der Waals surface area contributed by atoms with Gasteiger partial charge in [-0.1, -0.05) is 0 Å². The van der Waals surface area contributed by atoms with Crippen molar-refractivity contribution in [3.05, 3.63) is 27.8 Å². The van der Waals surface area contributed by atoms with E-state index in [0.717, 1.165) is 5.69 Å². The van der Waals surface area contributed by atoms with Gasteiger partial charge in [0.1, 0.15) is 0 Å². The van der Waals surface area contributed by atoms with Crippen LogP contribution >= 0.6 is 22.6 Å². The van der Waals surface area contributed by atoms with E-state index in [1.165, 1.54) is 3.57 Å². The largest absolute Gasteiger partial charge is 0.376 e. The second-order valence-electron chi connectivity index (χ2n) is 2.81. The van der Waals surface area contributed by atoms with E-state index in [1.807, 2.05) is 31.2 Å². The van der Waals surface area contributed by atoms with E-state index in [0.29, 0.717) is 13.1 Å². The van der Waals surface area contributed by atoms with Crippen LogP contribution in [-0.2, 0) is 4.79 Å². The van der Waals surface area contributed by atoms with Gasteiger partial charge in [-0.2, -0.15) is 0 Å². The summed E-state index contributed by atoms with van der Waals surface area (Å²) in [5.74, 6) is 0.0195. The Morgan fingerprint density at radius 3 is 2.57 bits per heavy atom. The molecule has 2 N–H and O–H groups in total. The average molecular weight is 304 g/mol. The molecule has 0 spiro atoms. The molecular formula is C10H13IN2O. The molecule has 4 heteroatoms. The lowest BCUT2D eigenvalue weighted by Gasteiger charge is -2.05. The molecule has 14 heavy (non-hydrogen) atoms. The van der Waals surface area contributed by atoms with Gasteiger partial charge in [0.05, 0.1) is 6.54 Å². The predicted octanol–water partition coefficient (Wildman–Crippen LogP) is 1.84. The maximum Gasteiger partial charge on any atom is 0.239 e. The fraction of sp³-hybridized carbons (Fsp3) is 0.300. The molecule has 0 radical (unpaired) electrons. The topological polar surface area (TPSA) is 41.1 Å². The number of likely N-dealkylation sites (N-methyl/N-ethyl adjacent to an activating group) is 1. The summed E-state index contributed by atoms with van der Waals surface area (Å²) in [6.07, 6.45) is 0. The number of benzene rings is 1. The van der Waals surface area contributed by atoms with Crippen molar-refractivity contribution in [1.82, 2.24) is 5.32 Å². The van der Waals surface area contributed by atoms with Gasteiger partial charge >= 0.3 is 0 Å². The van der Waals surface area contributed by atoms with Gasteiger partial charge in [-0.3, -0.25) is 4.79 Å². The second-order valence-corrected chi connectivity index (χ2v) is 4.06. The Morgan fingerprint density at radius 1 is 1.36 bits per heavy atom. The fourth-order valence-corrected chi connectivity index (χ4v) is 1.37. The summed E-state index contributed by atoms with van der Waals surface area (Å²) < 4.78 is 1.19. The zero-order valence-corrected chi connectivity index (χ0v) is 10.2. The van der Waals surface area contributed by atoms with E-state index in [9.17, 15) is 4.79 Å². The number of nitrogens with one attached hydrogen (secondary N) is 2. The van der Waals surface area contributed by atoms with E-state index in [1.54, 1.807) is 0 Å². The maximum atomic E-state index is 11.1. The number of amides is 1. The molecule has 0 heterocycles. The highest BCUT2D eigenvalue weighted by atomic mass is 127.